The number of nitrogens with zero attached hydrogens (tertiary/aromatic N) is 3. The van der Waals surface area contributed by atoms with Crippen molar-refractivity contribution in [3.05, 3.63) is 142 Å². The summed E-state index contributed by atoms with van der Waals surface area (Å²) in [7, 11) is 1.64. The van der Waals surface area contributed by atoms with Crippen molar-refractivity contribution in [3.8, 4) is 5.75 Å². The van der Waals surface area contributed by atoms with Crippen LogP contribution in [0.25, 0.3) is 10.4 Å². The van der Waals surface area contributed by atoms with Crippen LogP contribution in [0, 0.1) is 0 Å². The van der Waals surface area contributed by atoms with E-state index < -0.39 is 29.8 Å². The smallest absolute Gasteiger partial charge is 0.119 e. The Hall–Kier alpha value is -3.82. The molecule has 8 nitrogen and oxygen atoms in total. The first kappa shape index (κ1) is 30.6. The molecule has 0 radical (unpaired) electrons. The molecule has 5 atom stereocenters. The number of methoxy groups -OCH3 is 1. The fraction of sp³-hybridized carbons (Fsp3) is 0.294. The maximum atomic E-state index is 9.65. The zero-order chi connectivity index (χ0) is 29.7. The van der Waals surface area contributed by atoms with E-state index in [1.807, 2.05) is 115 Å². The van der Waals surface area contributed by atoms with Crippen LogP contribution in [0.3, 0.4) is 0 Å². The van der Waals surface area contributed by atoms with Crippen LogP contribution in [-0.2, 0) is 38.8 Å². The molecule has 0 amide bonds. The molecule has 0 bridgehead atoms. The van der Waals surface area contributed by atoms with Gasteiger partial charge in [0.1, 0.15) is 29.4 Å². The van der Waals surface area contributed by atoms with Crippen molar-refractivity contribution in [2.75, 3.05) is 13.7 Å². The Kier molecular flexibility index (Phi) is 11.5. The van der Waals surface area contributed by atoms with Crippen molar-refractivity contribution in [1.82, 2.24) is 0 Å². The summed E-state index contributed by atoms with van der Waals surface area (Å²) in [4.78, 5) is 4.20. The van der Waals surface area contributed by atoms with Crippen LogP contribution in [0.5, 0.6) is 5.75 Å². The Morgan fingerprint density at radius 3 is 1.88 bits per heavy atom. The molecular formula is C34H35N3O5S. The van der Waals surface area contributed by atoms with Gasteiger partial charge in [0.15, 0.2) is 0 Å². The predicted molar refractivity (Wildman–Crippen MR) is 167 cm³/mol. The Morgan fingerprint density at radius 1 is 0.721 bits per heavy atom. The minimum atomic E-state index is -0.667. The van der Waals surface area contributed by atoms with E-state index in [0.717, 1.165) is 27.3 Å². The molecule has 222 valence electrons. The van der Waals surface area contributed by atoms with E-state index in [2.05, 4.69) is 10.0 Å². The number of benzene rings is 4. The number of rotatable bonds is 14. The van der Waals surface area contributed by atoms with E-state index in [4.69, 9.17) is 23.7 Å². The summed E-state index contributed by atoms with van der Waals surface area (Å²) in [5.74, 6) is 0.765. The molecule has 4 aromatic carbocycles. The van der Waals surface area contributed by atoms with E-state index >= 15 is 0 Å². The lowest BCUT2D eigenvalue weighted by atomic mass is 9.97. The number of hydrogen-bond donors (Lipinski definition) is 0. The summed E-state index contributed by atoms with van der Waals surface area (Å²) in [6.45, 7) is 1.33. The molecular weight excluding hydrogens is 562 g/mol. The summed E-state index contributed by atoms with van der Waals surface area (Å²) in [6.07, 6.45) is -1.67. The minimum absolute atomic E-state index is 0.269. The van der Waals surface area contributed by atoms with Gasteiger partial charge in [0.05, 0.1) is 39.6 Å². The maximum Gasteiger partial charge on any atom is 0.119 e. The van der Waals surface area contributed by atoms with Gasteiger partial charge in [0, 0.05) is 9.81 Å². The zero-order valence-electron chi connectivity index (χ0n) is 24.0. The zero-order valence-corrected chi connectivity index (χ0v) is 24.8. The van der Waals surface area contributed by atoms with Gasteiger partial charge in [-0.15, -0.1) is 0 Å². The van der Waals surface area contributed by atoms with Gasteiger partial charge in [-0.2, -0.15) is 0 Å². The third-order valence-electron chi connectivity index (χ3n) is 7.08. The highest BCUT2D eigenvalue weighted by molar-refractivity contribution is 7.99. The summed E-state index contributed by atoms with van der Waals surface area (Å²) in [5, 5.41) is 4.22. The number of hydrogen-bond acceptors (Lipinski definition) is 7. The van der Waals surface area contributed by atoms with Gasteiger partial charge < -0.3 is 23.7 Å². The fourth-order valence-electron chi connectivity index (χ4n) is 4.88. The van der Waals surface area contributed by atoms with Crippen LogP contribution in [0.1, 0.15) is 16.7 Å². The highest BCUT2D eigenvalue weighted by Gasteiger charge is 2.47. The molecule has 1 heterocycles. The van der Waals surface area contributed by atoms with Gasteiger partial charge in [0.25, 0.3) is 0 Å². The normalized spacial score (nSPS) is 21.6. The van der Waals surface area contributed by atoms with Crippen LogP contribution in [0.4, 0.5) is 0 Å². The quantitative estimate of drug-likeness (QED) is 0.0845. The number of ether oxygens (including phenoxy) is 5. The molecule has 1 aliphatic heterocycles. The van der Waals surface area contributed by atoms with Gasteiger partial charge in [0.2, 0.25) is 0 Å². The molecule has 43 heavy (non-hydrogen) atoms. The lowest BCUT2D eigenvalue weighted by molar-refractivity contribution is -0.211. The van der Waals surface area contributed by atoms with Crippen LogP contribution in [0.2, 0.25) is 0 Å². The minimum Gasteiger partial charge on any atom is -0.497 e. The largest absolute Gasteiger partial charge is 0.497 e. The van der Waals surface area contributed by atoms with Crippen LogP contribution < -0.4 is 4.74 Å². The second kappa shape index (κ2) is 16.1. The summed E-state index contributed by atoms with van der Waals surface area (Å²) in [5.41, 5.74) is 12.2. The van der Waals surface area contributed by atoms with E-state index in [1.165, 1.54) is 11.8 Å². The SMILES string of the molecule is COc1ccc(CO[C@@H]2[C@@H](N=[N+]=[N-])[C@H](Sc3ccccc3)O[C@H](COCc3ccccc3)[C@H]2OCc2ccccc2)cc1. The molecule has 0 aliphatic carbocycles. The Labute approximate surface area is 256 Å². The second-order valence-electron chi connectivity index (χ2n) is 10.1. The number of azide groups is 1. The third kappa shape index (κ3) is 8.84. The van der Waals surface area contributed by atoms with Crippen molar-refractivity contribution in [2.45, 2.75) is 54.5 Å². The average molecular weight is 598 g/mol. The summed E-state index contributed by atoms with van der Waals surface area (Å²) >= 11 is 1.50. The first-order valence-electron chi connectivity index (χ1n) is 14.2. The third-order valence-corrected chi connectivity index (χ3v) is 8.24. The van der Waals surface area contributed by atoms with Crippen molar-refractivity contribution in [2.24, 2.45) is 5.11 Å². The van der Waals surface area contributed by atoms with E-state index in [-0.39, 0.29) is 13.2 Å². The highest BCUT2D eigenvalue weighted by atomic mass is 32.2. The van der Waals surface area contributed by atoms with Gasteiger partial charge in [-0.25, -0.2) is 0 Å². The van der Waals surface area contributed by atoms with Gasteiger partial charge in [-0.05, 0) is 46.5 Å². The molecule has 0 aromatic heterocycles. The highest BCUT2D eigenvalue weighted by Crippen LogP contribution is 2.38. The molecule has 9 heteroatoms. The monoisotopic (exact) mass is 597 g/mol. The molecule has 0 N–H and O–H groups in total. The van der Waals surface area contributed by atoms with Crippen LogP contribution in [0.15, 0.2) is 125 Å². The first-order valence-corrected chi connectivity index (χ1v) is 15.0. The van der Waals surface area contributed by atoms with E-state index in [1.54, 1.807) is 7.11 Å². The van der Waals surface area contributed by atoms with Gasteiger partial charge >= 0.3 is 0 Å². The molecule has 5 rings (SSSR count). The van der Waals surface area contributed by atoms with Crippen LogP contribution in [-0.4, -0.2) is 43.5 Å². The summed E-state index contributed by atoms with van der Waals surface area (Å²) < 4.78 is 31.3. The standard InChI is InChI=1S/C34H35N3O5S/c1-38-28-19-17-27(18-20-28)23-41-33-31(36-37-35)34(43-29-15-9-4-10-16-29)42-30(24-39-21-25-11-5-2-6-12-25)32(33)40-22-26-13-7-3-8-14-26/h2-20,30-34H,21-24H2,1H3/t30-,31-,32-,33-,34+/m1/s1. The molecule has 4 aromatic rings. The van der Waals surface area contributed by atoms with Crippen molar-refractivity contribution >= 4 is 11.8 Å². The Morgan fingerprint density at radius 2 is 1.28 bits per heavy atom. The molecule has 1 saturated heterocycles. The van der Waals surface area contributed by atoms with Crippen molar-refractivity contribution < 1.29 is 23.7 Å². The second-order valence-corrected chi connectivity index (χ2v) is 11.2. The van der Waals surface area contributed by atoms with Crippen molar-refractivity contribution in [1.29, 1.82) is 0 Å². The first-order chi connectivity index (χ1) is 21.2. The average Bonchev–Trinajstić information content (AvgIpc) is 3.06. The Balaban J connectivity index is 1.43. The lowest BCUT2D eigenvalue weighted by Gasteiger charge is -2.44. The van der Waals surface area contributed by atoms with Gasteiger partial charge in [-0.3, -0.25) is 0 Å². The van der Waals surface area contributed by atoms with E-state index in [0.29, 0.717) is 13.2 Å². The molecule has 0 saturated carbocycles. The van der Waals surface area contributed by atoms with Gasteiger partial charge in [-0.1, -0.05) is 108 Å². The topological polar surface area (TPSA) is 94.9 Å². The molecule has 1 fully saturated rings. The molecule has 0 spiro atoms. The Bertz CT molecular complexity index is 1420. The summed E-state index contributed by atoms with van der Waals surface area (Å²) in [6, 6.07) is 36.9. The van der Waals surface area contributed by atoms with Crippen LogP contribution >= 0.6 is 11.8 Å². The molecule has 1 aliphatic rings. The number of thioether (sulfide) groups is 1. The molecule has 0 unspecified atom stereocenters. The van der Waals surface area contributed by atoms with E-state index in [9.17, 15) is 5.53 Å². The maximum absolute atomic E-state index is 9.65. The fourth-order valence-corrected chi connectivity index (χ4v) is 6.01. The van der Waals surface area contributed by atoms with Crippen molar-refractivity contribution in [3.63, 3.8) is 0 Å². The predicted octanol–water partition coefficient (Wildman–Crippen LogP) is 7.58. The lowest BCUT2D eigenvalue weighted by Crippen LogP contribution is -2.58.